The van der Waals surface area contributed by atoms with Crippen molar-refractivity contribution in [3.8, 4) is 0 Å². The van der Waals surface area contributed by atoms with Crippen LogP contribution in [0, 0.1) is 10.1 Å². The second-order valence-corrected chi connectivity index (χ2v) is 6.04. The zero-order valence-electron chi connectivity index (χ0n) is 8.09. The number of halogens is 1. The summed E-state index contributed by atoms with van der Waals surface area (Å²) >= 11 is 2.81. The summed E-state index contributed by atoms with van der Waals surface area (Å²) in [6.07, 6.45) is 0. The minimum atomic E-state index is -3.42. The molecule has 1 N–H and O–H groups in total. The number of sulfonamides is 1. The van der Waals surface area contributed by atoms with Crippen LogP contribution in [0.5, 0.6) is 0 Å². The number of hydrogen-bond acceptors (Lipinski definition) is 4. The van der Waals surface area contributed by atoms with Crippen LogP contribution in [0.1, 0.15) is 5.56 Å². The summed E-state index contributed by atoms with van der Waals surface area (Å²) in [5, 5.41) is 10.6. The van der Waals surface area contributed by atoms with E-state index in [-0.39, 0.29) is 16.9 Å². The molecule has 88 valence electrons. The molecule has 0 aliphatic carbocycles. The molecule has 0 saturated heterocycles. The third kappa shape index (κ3) is 3.54. The minimum Gasteiger partial charge on any atom is -0.258 e. The highest BCUT2D eigenvalue weighted by Crippen LogP contribution is 2.17. The second-order valence-electron chi connectivity index (χ2n) is 2.93. The van der Waals surface area contributed by atoms with E-state index in [1.807, 2.05) is 0 Å². The van der Waals surface area contributed by atoms with Crippen molar-refractivity contribution >= 4 is 31.6 Å². The number of nitro benzene ring substituents is 1. The van der Waals surface area contributed by atoms with E-state index in [2.05, 4.69) is 20.7 Å². The Balaban J connectivity index is 2.86. The van der Waals surface area contributed by atoms with Gasteiger partial charge in [0.2, 0.25) is 10.0 Å². The van der Waals surface area contributed by atoms with E-state index >= 15 is 0 Å². The summed E-state index contributed by atoms with van der Waals surface area (Å²) in [5.74, 6) is 0. The van der Waals surface area contributed by atoms with Gasteiger partial charge in [0, 0.05) is 18.2 Å². The first-order valence-corrected chi connectivity index (χ1v) is 6.99. The van der Waals surface area contributed by atoms with Crippen molar-refractivity contribution in [3.05, 3.63) is 39.9 Å². The molecule has 0 spiro atoms. The Bertz CT molecular complexity index is 489. The summed E-state index contributed by atoms with van der Waals surface area (Å²) in [5.41, 5.74) is 0.233. The fourth-order valence-corrected chi connectivity index (χ4v) is 2.00. The molecule has 8 heteroatoms. The quantitative estimate of drug-likeness (QED) is 0.505. The molecule has 0 aromatic heterocycles. The molecule has 0 amide bonds. The van der Waals surface area contributed by atoms with Gasteiger partial charge in [0.05, 0.1) is 4.92 Å². The first-order chi connectivity index (χ1) is 7.46. The molecule has 0 heterocycles. The summed E-state index contributed by atoms with van der Waals surface area (Å²) in [6, 6.07) is 5.98. The van der Waals surface area contributed by atoms with Crippen LogP contribution in [0.25, 0.3) is 0 Å². The number of nitrogens with zero attached hydrogens (tertiary/aromatic N) is 1. The lowest BCUT2D eigenvalue weighted by Gasteiger charge is -2.04. The van der Waals surface area contributed by atoms with Gasteiger partial charge >= 0.3 is 0 Å². The number of alkyl halides is 1. The van der Waals surface area contributed by atoms with Crippen molar-refractivity contribution in [2.75, 3.05) is 4.66 Å². The molecule has 0 saturated carbocycles. The van der Waals surface area contributed by atoms with E-state index in [1.165, 1.54) is 18.2 Å². The van der Waals surface area contributed by atoms with Crippen molar-refractivity contribution in [3.63, 3.8) is 0 Å². The SMILES string of the molecule is O=[N+]([O-])c1ccccc1CNS(=O)(=O)CBr. The van der Waals surface area contributed by atoms with Crippen molar-refractivity contribution in [2.45, 2.75) is 6.54 Å². The van der Waals surface area contributed by atoms with E-state index < -0.39 is 14.9 Å². The van der Waals surface area contributed by atoms with E-state index in [0.29, 0.717) is 5.56 Å². The van der Waals surface area contributed by atoms with Gasteiger partial charge < -0.3 is 0 Å². The highest BCUT2D eigenvalue weighted by Gasteiger charge is 2.14. The molecule has 1 aromatic carbocycles. The predicted molar refractivity (Wildman–Crippen MR) is 62.6 cm³/mol. The Kier molecular flexibility index (Phi) is 4.39. The second kappa shape index (κ2) is 5.37. The van der Waals surface area contributed by atoms with Crippen LogP contribution in [0.3, 0.4) is 0 Å². The smallest absolute Gasteiger partial charge is 0.258 e. The highest BCUT2D eigenvalue weighted by molar-refractivity contribution is 9.10. The molecule has 0 atom stereocenters. The number of nitrogens with one attached hydrogen (secondary N) is 1. The van der Waals surface area contributed by atoms with Gasteiger partial charge in [-0.2, -0.15) is 0 Å². The Morgan fingerprint density at radius 1 is 1.38 bits per heavy atom. The van der Waals surface area contributed by atoms with Crippen LogP contribution >= 0.6 is 15.9 Å². The van der Waals surface area contributed by atoms with Crippen LogP contribution < -0.4 is 4.72 Å². The monoisotopic (exact) mass is 308 g/mol. The topological polar surface area (TPSA) is 89.3 Å². The lowest BCUT2D eigenvalue weighted by atomic mass is 10.2. The van der Waals surface area contributed by atoms with Gasteiger partial charge in [0.1, 0.15) is 4.66 Å². The number of para-hydroxylation sites is 1. The lowest BCUT2D eigenvalue weighted by Crippen LogP contribution is -2.24. The zero-order chi connectivity index (χ0) is 12.2. The molecule has 0 aliphatic rings. The number of benzene rings is 1. The molecule has 0 fully saturated rings. The molecule has 0 radical (unpaired) electrons. The van der Waals surface area contributed by atoms with Gasteiger partial charge in [0.25, 0.3) is 5.69 Å². The van der Waals surface area contributed by atoms with Crippen LogP contribution in [-0.4, -0.2) is 18.0 Å². The first-order valence-electron chi connectivity index (χ1n) is 4.22. The van der Waals surface area contributed by atoms with Gasteiger partial charge in [-0.15, -0.1) is 0 Å². The standard InChI is InChI=1S/C8H9BrN2O4S/c9-6-16(14,15)10-5-7-3-1-2-4-8(7)11(12)13/h1-4,10H,5-6H2. The maximum atomic E-state index is 11.1. The molecule has 1 aromatic rings. The molecule has 16 heavy (non-hydrogen) atoms. The summed E-state index contributed by atoms with van der Waals surface area (Å²) in [7, 11) is -3.42. The molecular formula is C8H9BrN2O4S. The molecule has 0 aliphatic heterocycles. The largest absolute Gasteiger partial charge is 0.273 e. The maximum absolute atomic E-state index is 11.1. The predicted octanol–water partition coefficient (Wildman–Crippen LogP) is 1.37. The lowest BCUT2D eigenvalue weighted by molar-refractivity contribution is -0.385. The minimum absolute atomic E-state index is 0.0922. The van der Waals surface area contributed by atoms with Gasteiger partial charge in [-0.25, -0.2) is 13.1 Å². The van der Waals surface area contributed by atoms with E-state index in [9.17, 15) is 18.5 Å². The van der Waals surface area contributed by atoms with E-state index in [0.717, 1.165) is 0 Å². The average Bonchev–Trinajstić information content (AvgIpc) is 2.27. The number of rotatable bonds is 5. The fraction of sp³-hybridized carbons (Fsp3) is 0.250. The van der Waals surface area contributed by atoms with Gasteiger partial charge in [-0.05, 0) is 0 Å². The number of hydrogen-bond donors (Lipinski definition) is 1. The number of nitro groups is 1. The van der Waals surface area contributed by atoms with Crippen LogP contribution in [0.15, 0.2) is 24.3 Å². The van der Waals surface area contributed by atoms with Gasteiger partial charge in [-0.3, -0.25) is 10.1 Å². The van der Waals surface area contributed by atoms with Crippen LogP contribution in [0.4, 0.5) is 5.69 Å². The molecule has 0 bridgehead atoms. The fourth-order valence-electron chi connectivity index (χ4n) is 1.06. The summed E-state index contributed by atoms with van der Waals surface area (Å²) < 4.78 is 24.3. The Hall–Kier alpha value is -0.990. The zero-order valence-corrected chi connectivity index (χ0v) is 10.5. The molecule has 0 unspecified atom stereocenters. The molecular weight excluding hydrogens is 300 g/mol. The average molecular weight is 309 g/mol. The van der Waals surface area contributed by atoms with E-state index in [4.69, 9.17) is 0 Å². The summed E-state index contributed by atoms with van der Waals surface area (Å²) in [6.45, 7) is -0.0922. The van der Waals surface area contributed by atoms with E-state index in [1.54, 1.807) is 6.07 Å². The van der Waals surface area contributed by atoms with Crippen molar-refractivity contribution in [1.82, 2.24) is 4.72 Å². The van der Waals surface area contributed by atoms with Gasteiger partial charge in [-0.1, -0.05) is 34.1 Å². The molecule has 1 rings (SSSR count). The van der Waals surface area contributed by atoms with Crippen LogP contribution in [0.2, 0.25) is 0 Å². The Morgan fingerprint density at radius 3 is 2.56 bits per heavy atom. The molecule has 6 nitrogen and oxygen atoms in total. The van der Waals surface area contributed by atoms with Crippen molar-refractivity contribution in [1.29, 1.82) is 0 Å². The maximum Gasteiger partial charge on any atom is 0.273 e. The Labute approximate surface area is 101 Å². The highest BCUT2D eigenvalue weighted by atomic mass is 79.9. The van der Waals surface area contributed by atoms with Crippen molar-refractivity contribution < 1.29 is 13.3 Å². The third-order valence-electron chi connectivity index (χ3n) is 1.81. The summed E-state index contributed by atoms with van der Waals surface area (Å²) in [4.78, 5) is 10.1. The van der Waals surface area contributed by atoms with Gasteiger partial charge in [0.15, 0.2) is 0 Å². The Morgan fingerprint density at radius 2 is 2.00 bits per heavy atom. The first kappa shape index (κ1) is 13.1. The van der Waals surface area contributed by atoms with Crippen molar-refractivity contribution in [2.24, 2.45) is 0 Å². The third-order valence-corrected chi connectivity index (χ3v) is 4.49. The van der Waals surface area contributed by atoms with Crippen LogP contribution in [-0.2, 0) is 16.6 Å². The normalized spacial score (nSPS) is 11.3.